The predicted molar refractivity (Wildman–Crippen MR) is 88.7 cm³/mol. The first kappa shape index (κ1) is 18.9. The third-order valence-electron chi connectivity index (χ3n) is 3.38. The normalized spacial score (nSPS) is 11.2. The summed E-state index contributed by atoms with van der Waals surface area (Å²) in [5, 5.41) is 0. The lowest BCUT2D eigenvalue weighted by Crippen LogP contribution is -2.36. The number of anilines is 1. The van der Waals surface area contributed by atoms with Gasteiger partial charge in [-0.3, -0.25) is 9.10 Å². The number of rotatable bonds is 6. The molecule has 0 aliphatic rings. The maximum Gasteiger partial charge on any atom is 0.326 e. The second-order valence-electron chi connectivity index (χ2n) is 5.23. The third-order valence-corrected chi connectivity index (χ3v) is 5.17. The van der Waals surface area contributed by atoms with Crippen LogP contribution in [0.3, 0.4) is 0 Å². The van der Waals surface area contributed by atoms with Gasteiger partial charge in [-0.15, -0.1) is 0 Å². The van der Waals surface area contributed by atoms with Gasteiger partial charge in [0.1, 0.15) is 6.54 Å². The molecule has 0 bridgehead atoms. The molecule has 0 heterocycles. The molecular formula is C17H17F2NO4S. The van der Waals surface area contributed by atoms with E-state index in [0.717, 1.165) is 23.8 Å². The van der Waals surface area contributed by atoms with Gasteiger partial charge in [0.05, 0.1) is 17.2 Å². The first-order valence-electron chi connectivity index (χ1n) is 7.45. The number of nitrogens with zero attached hydrogens (tertiary/aromatic N) is 1. The SMILES string of the molecule is CCOC(=O)CN(c1ccc(F)c(F)c1)S(=O)(=O)c1ccc(C)cc1. The Kier molecular flexibility index (Phi) is 5.73. The van der Waals surface area contributed by atoms with Crippen LogP contribution in [0.25, 0.3) is 0 Å². The largest absolute Gasteiger partial charge is 0.465 e. The third kappa shape index (κ3) is 4.33. The van der Waals surface area contributed by atoms with Crippen LogP contribution >= 0.6 is 0 Å². The number of benzene rings is 2. The van der Waals surface area contributed by atoms with E-state index in [9.17, 15) is 22.0 Å². The van der Waals surface area contributed by atoms with Crippen LogP contribution in [0.1, 0.15) is 12.5 Å². The maximum atomic E-state index is 13.6. The fourth-order valence-corrected chi connectivity index (χ4v) is 3.52. The molecule has 134 valence electrons. The first-order valence-corrected chi connectivity index (χ1v) is 8.89. The van der Waals surface area contributed by atoms with Gasteiger partial charge in [0.2, 0.25) is 0 Å². The van der Waals surface area contributed by atoms with Gasteiger partial charge in [-0.1, -0.05) is 17.7 Å². The molecule has 0 aromatic heterocycles. The highest BCUT2D eigenvalue weighted by molar-refractivity contribution is 7.92. The molecule has 0 N–H and O–H groups in total. The van der Waals surface area contributed by atoms with Crippen molar-refractivity contribution in [1.29, 1.82) is 0 Å². The number of sulfonamides is 1. The standard InChI is InChI=1S/C17H17F2NO4S/c1-3-24-17(21)11-20(13-6-9-15(18)16(19)10-13)25(22,23)14-7-4-12(2)5-8-14/h4-10H,3,11H2,1-2H3. The molecule has 0 spiro atoms. The molecule has 0 atom stereocenters. The molecule has 0 fully saturated rings. The first-order chi connectivity index (χ1) is 11.8. The number of hydrogen-bond donors (Lipinski definition) is 0. The molecular weight excluding hydrogens is 352 g/mol. The van der Waals surface area contributed by atoms with Crippen molar-refractivity contribution in [3.8, 4) is 0 Å². The van der Waals surface area contributed by atoms with Crippen LogP contribution in [-0.4, -0.2) is 27.5 Å². The van der Waals surface area contributed by atoms with Crippen molar-refractivity contribution < 1.29 is 26.7 Å². The fourth-order valence-electron chi connectivity index (χ4n) is 2.12. The van der Waals surface area contributed by atoms with Crippen molar-refractivity contribution in [3.63, 3.8) is 0 Å². The van der Waals surface area contributed by atoms with Crippen LogP contribution in [0.15, 0.2) is 47.4 Å². The monoisotopic (exact) mass is 369 g/mol. The van der Waals surface area contributed by atoms with E-state index in [1.165, 1.54) is 12.1 Å². The van der Waals surface area contributed by atoms with Gasteiger partial charge in [-0.2, -0.15) is 0 Å². The van der Waals surface area contributed by atoms with Gasteiger partial charge in [0.15, 0.2) is 11.6 Å². The van der Waals surface area contributed by atoms with E-state index < -0.39 is 34.2 Å². The highest BCUT2D eigenvalue weighted by Crippen LogP contribution is 2.25. The van der Waals surface area contributed by atoms with Crippen molar-refractivity contribution in [1.82, 2.24) is 0 Å². The van der Waals surface area contributed by atoms with Gasteiger partial charge in [0, 0.05) is 6.07 Å². The van der Waals surface area contributed by atoms with Gasteiger partial charge in [0.25, 0.3) is 10.0 Å². The number of hydrogen-bond acceptors (Lipinski definition) is 4. The average Bonchev–Trinajstić information content (AvgIpc) is 2.56. The van der Waals surface area contributed by atoms with Crippen molar-refractivity contribution in [2.45, 2.75) is 18.7 Å². The Morgan fingerprint density at radius 1 is 1.08 bits per heavy atom. The number of ether oxygens (including phenoxy) is 1. The number of halogens is 2. The summed E-state index contributed by atoms with van der Waals surface area (Å²) in [6.07, 6.45) is 0. The quantitative estimate of drug-likeness (QED) is 0.735. The minimum absolute atomic E-state index is 0.0645. The molecule has 0 aliphatic heterocycles. The van der Waals surface area contributed by atoms with Crippen molar-refractivity contribution >= 4 is 21.7 Å². The molecule has 8 heteroatoms. The van der Waals surface area contributed by atoms with Crippen molar-refractivity contribution in [2.75, 3.05) is 17.5 Å². The van der Waals surface area contributed by atoms with Crippen LogP contribution in [-0.2, 0) is 19.6 Å². The zero-order valence-corrected chi connectivity index (χ0v) is 14.5. The fraction of sp³-hybridized carbons (Fsp3) is 0.235. The molecule has 0 radical (unpaired) electrons. The molecule has 2 rings (SSSR count). The molecule has 0 saturated carbocycles. The average molecular weight is 369 g/mol. The van der Waals surface area contributed by atoms with Crippen LogP contribution in [0, 0.1) is 18.6 Å². The van der Waals surface area contributed by atoms with Crippen molar-refractivity contribution in [3.05, 3.63) is 59.7 Å². The molecule has 2 aromatic carbocycles. The number of esters is 1. The van der Waals surface area contributed by atoms with Gasteiger partial charge in [-0.25, -0.2) is 17.2 Å². The van der Waals surface area contributed by atoms with E-state index in [1.807, 2.05) is 0 Å². The van der Waals surface area contributed by atoms with Crippen molar-refractivity contribution in [2.24, 2.45) is 0 Å². The molecule has 0 saturated heterocycles. The van der Waals surface area contributed by atoms with E-state index >= 15 is 0 Å². The Labute approximate surface area is 144 Å². The van der Waals surface area contributed by atoms with E-state index in [2.05, 4.69) is 0 Å². The minimum atomic E-state index is -4.17. The smallest absolute Gasteiger partial charge is 0.326 e. The number of aryl methyl sites for hydroxylation is 1. The lowest BCUT2D eigenvalue weighted by atomic mass is 10.2. The predicted octanol–water partition coefficient (Wildman–Crippen LogP) is 3.03. The summed E-state index contributed by atoms with van der Waals surface area (Å²) < 4.78 is 58.0. The highest BCUT2D eigenvalue weighted by Gasteiger charge is 2.28. The second kappa shape index (κ2) is 7.60. The summed E-state index contributed by atoms with van der Waals surface area (Å²) in [7, 11) is -4.17. The number of carbonyl (C=O) groups is 1. The Balaban J connectivity index is 2.51. The van der Waals surface area contributed by atoms with E-state index in [4.69, 9.17) is 4.74 Å². The maximum absolute atomic E-state index is 13.6. The Morgan fingerprint density at radius 3 is 2.28 bits per heavy atom. The summed E-state index contributed by atoms with van der Waals surface area (Å²) in [4.78, 5) is 11.7. The van der Waals surface area contributed by atoms with Gasteiger partial charge in [-0.05, 0) is 38.1 Å². The molecule has 5 nitrogen and oxygen atoms in total. The van der Waals surface area contributed by atoms with Crippen LogP contribution in [0.5, 0.6) is 0 Å². The molecule has 0 amide bonds. The zero-order chi connectivity index (χ0) is 18.6. The Bertz CT molecular complexity index is 867. The number of carbonyl (C=O) groups excluding carboxylic acids is 1. The highest BCUT2D eigenvalue weighted by atomic mass is 32.2. The van der Waals surface area contributed by atoms with Crippen LogP contribution in [0.4, 0.5) is 14.5 Å². The Morgan fingerprint density at radius 2 is 1.72 bits per heavy atom. The lowest BCUT2D eigenvalue weighted by molar-refractivity contribution is -0.141. The van der Waals surface area contributed by atoms with Gasteiger partial charge >= 0.3 is 5.97 Å². The molecule has 0 aliphatic carbocycles. The summed E-state index contributed by atoms with van der Waals surface area (Å²) in [6, 6.07) is 8.56. The summed E-state index contributed by atoms with van der Waals surface area (Å²) in [5.74, 6) is -3.14. The van der Waals surface area contributed by atoms with E-state index in [0.29, 0.717) is 4.31 Å². The summed E-state index contributed by atoms with van der Waals surface area (Å²) in [5.41, 5.74) is 0.677. The second-order valence-corrected chi connectivity index (χ2v) is 7.09. The topological polar surface area (TPSA) is 63.7 Å². The van der Waals surface area contributed by atoms with Gasteiger partial charge < -0.3 is 4.74 Å². The Hall–Kier alpha value is -2.48. The van der Waals surface area contributed by atoms with E-state index in [-0.39, 0.29) is 17.2 Å². The van der Waals surface area contributed by atoms with Crippen LogP contribution < -0.4 is 4.31 Å². The minimum Gasteiger partial charge on any atom is -0.465 e. The van der Waals surface area contributed by atoms with Crippen LogP contribution in [0.2, 0.25) is 0 Å². The molecule has 2 aromatic rings. The summed E-state index contributed by atoms with van der Waals surface area (Å²) >= 11 is 0. The zero-order valence-electron chi connectivity index (χ0n) is 13.7. The van der Waals surface area contributed by atoms with E-state index in [1.54, 1.807) is 26.0 Å². The molecule has 25 heavy (non-hydrogen) atoms. The summed E-state index contributed by atoms with van der Waals surface area (Å²) in [6.45, 7) is 2.78. The molecule has 0 unspecified atom stereocenters. The lowest BCUT2D eigenvalue weighted by Gasteiger charge is -2.23.